The molecule has 0 amide bonds. The van der Waals surface area contributed by atoms with Crippen LogP contribution in [0.2, 0.25) is 0 Å². The summed E-state index contributed by atoms with van der Waals surface area (Å²) < 4.78 is 25.3. The Hall–Kier alpha value is -2.17. The van der Waals surface area contributed by atoms with Gasteiger partial charge in [0, 0.05) is 0 Å². The molecule has 6 nitrogen and oxygen atoms in total. The zero-order chi connectivity index (χ0) is 14.3. The Morgan fingerprint density at radius 2 is 2.00 bits per heavy atom. The molecule has 0 unspecified atom stereocenters. The largest absolute Gasteiger partial charge is 0.480 e. The van der Waals surface area contributed by atoms with Crippen molar-refractivity contribution < 1.29 is 18.3 Å². The number of carboxylic acid groups (broad SMARTS) is 1. The van der Waals surface area contributed by atoms with Gasteiger partial charge in [-0.1, -0.05) is 24.3 Å². The van der Waals surface area contributed by atoms with E-state index in [0.717, 1.165) is 5.56 Å². The summed E-state index contributed by atoms with van der Waals surface area (Å²) in [5, 5.41) is 16.8. The van der Waals surface area contributed by atoms with Crippen molar-refractivity contribution in [2.45, 2.75) is 11.3 Å². The number of nitrogens with zero attached hydrogens (tertiary/aromatic N) is 1. The van der Waals surface area contributed by atoms with Crippen LogP contribution in [-0.4, -0.2) is 26.0 Å². The summed E-state index contributed by atoms with van der Waals surface area (Å²) in [7, 11) is -3.80. The van der Waals surface area contributed by atoms with Crippen LogP contribution < -0.4 is 4.72 Å². The van der Waals surface area contributed by atoms with E-state index in [2.05, 4.69) is 0 Å². The van der Waals surface area contributed by atoms with Gasteiger partial charge in [-0.25, -0.2) is 8.42 Å². The molecular formula is C12H12N2O4S. The first-order chi connectivity index (χ1) is 8.95. The number of nitrogens with one attached hydrogen (secondary N) is 1. The Bertz CT molecular complexity index is 612. The second kappa shape index (κ2) is 6.68. The van der Waals surface area contributed by atoms with Gasteiger partial charge in [0.15, 0.2) is 0 Å². The Morgan fingerprint density at radius 1 is 1.37 bits per heavy atom. The van der Waals surface area contributed by atoms with Crippen LogP contribution in [0.5, 0.6) is 0 Å². The van der Waals surface area contributed by atoms with E-state index in [1.807, 2.05) is 10.8 Å². The maximum absolute atomic E-state index is 11.7. The lowest BCUT2D eigenvalue weighted by Crippen LogP contribution is -2.29. The van der Waals surface area contributed by atoms with Gasteiger partial charge in [0.2, 0.25) is 10.0 Å². The predicted molar refractivity (Wildman–Crippen MR) is 68.5 cm³/mol. The highest BCUT2D eigenvalue weighted by atomic mass is 32.2. The fourth-order valence-corrected chi connectivity index (χ4v) is 2.22. The minimum atomic E-state index is -3.80. The van der Waals surface area contributed by atoms with Crippen LogP contribution in [0.25, 0.3) is 6.08 Å². The average Bonchev–Trinajstić information content (AvgIpc) is 2.37. The molecule has 1 rings (SSSR count). The number of benzene rings is 1. The highest BCUT2D eigenvalue weighted by Gasteiger charge is 2.14. The number of carboxylic acids is 1. The van der Waals surface area contributed by atoms with Crippen LogP contribution in [0.4, 0.5) is 0 Å². The highest BCUT2D eigenvalue weighted by Crippen LogP contribution is 2.11. The predicted octanol–water partition coefficient (Wildman–Crippen LogP) is 0.976. The quantitative estimate of drug-likeness (QED) is 0.807. The molecule has 0 saturated heterocycles. The third-order valence-electron chi connectivity index (χ3n) is 2.12. The van der Waals surface area contributed by atoms with Crippen molar-refractivity contribution >= 4 is 22.1 Å². The van der Waals surface area contributed by atoms with Gasteiger partial charge in [0.1, 0.15) is 6.54 Å². The third kappa shape index (κ3) is 4.91. The van der Waals surface area contributed by atoms with Crippen molar-refractivity contribution in [3.8, 4) is 6.07 Å². The van der Waals surface area contributed by atoms with Gasteiger partial charge in [0.05, 0.1) is 17.4 Å². The molecule has 1 aromatic carbocycles. The van der Waals surface area contributed by atoms with Gasteiger partial charge in [-0.15, -0.1) is 0 Å². The number of aliphatic carboxylic acids is 1. The van der Waals surface area contributed by atoms with Crippen molar-refractivity contribution in [1.82, 2.24) is 4.72 Å². The van der Waals surface area contributed by atoms with Crippen molar-refractivity contribution in [1.29, 1.82) is 5.26 Å². The zero-order valence-electron chi connectivity index (χ0n) is 9.91. The normalized spacial score (nSPS) is 11.3. The van der Waals surface area contributed by atoms with Crippen LogP contribution in [0, 0.1) is 11.3 Å². The first kappa shape index (κ1) is 14.9. The van der Waals surface area contributed by atoms with E-state index in [4.69, 9.17) is 10.4 Å². The van der Waals surface area contributed by atoms with E-state index in [9.17, 15) is 13.2 Å². The molecule has 100 valence electrons. The first-order valence-corrected chi connectivity index (χ1v) is 6.79. The topological polar surface area (TPSA) is 107 Å². The Labute approximate surface area is 111 Å². The number of carbonyl (C=O) groups is 1. The number of hydrogen-bond acceptors (Lipinski definition) is 4. The molecule has 0 spiro atoms. The van der Waals surface area contributed by atoms with E-state index in [1.165, 1.54) is 12.1 Å². The van der Waals surface area contributed by atoms with E-state index in [1.54, 1.807) is 24.3 Å². The smallest absolute Gasteiger partial charge is 0.318 e. The van der Waals surface area contributed by atoms with Crippen LogP contribution in [0.15, 0.2) is 35.2 Å². The first-order valence-electron chi connectivity index (χ1n) is 5.31. The summed E-state index contributed by atoms with van der Waals surface area (Å²) in [6.45, 7) is -0.661. The lowest BCUT2D eigenvalue weighted by molar-refractivity contribution is -0.135. The number of sulfonamides is 1. The molecule has 0 heterocycles. The van der Waals surface area contributed by atoms with Crippen LogP contribution in [-0.2, 0) is 14.8 Å². The van der Waals surface area contributed by atoms with Gasteiger partial charge in [0.25, 0.3) is 0 Å². The van der Waals surface area contributed by atoms with Crippen LogP contribution >= 0.6 is 0 Å². The molecule has 0 aliphatic carbocycles. The molecule has 0 bridgehead atoms. The van der Waals surface area contributed by atoms with Crippen molar-refractivity contribution in [2.24, 2.45) is 0 Å². The van der Waals surface area contributed by atoms with E-state index in [-0.39, 0.29) is 11.3 Å². The third-order valence-corrected chi connectivity index (χ3v) is 3.54. The molecule has 0 atom stereocenters. The maximum Gasteiger partial charge on any atom is 0.318 e. The molecule has 0 aromatic heterocycles. The standard InChI is InChI=1S/C12H12N2O4S/c13-8-2-1-3-10-4-6-11(7-5-10)19(17,18)14-9-12(15)16/h1,3-7,14H,2,9H2,(H,15,16). The summed E-state index contributed by atoms with van der Waals surface area (Å²) in [6.07, 6.45) is 3.64. The van der Waals surface area contributed by atoms with Gasteiger partial charge < -0.3 is 5.11 Å². The minimum absolute atomic E-state index is 0.00816. The molecule has 0 radical (unpaired) electrons. The molecule has 0 fully saturated rings. The fourth-order valence-electron chi connectivity index (χ4n) is 1.25. The fraction of sp³-hybridized carbons (Fsp3) is 0.167. The zero-order valence-corrected chi connectivity index (χ0v) is 10.7. The molecule has 0 aliphatic heterocycles. The van der Waals surface area contributed by atoms with Crippen LogP contribution in [0.1, 0.15) is 12.0 Å². The maximum atomic E-state index is 11.7. The molecule has 1 aromatic rings. The number of nitriles is 1. The van der Waals surface area contributed by atoms with Gasteiger partial charge >= 0.3 is 5.97 Å². The summed E-state index contributed by atoms with van der Waals surface area (Å²) in [5.41, 5.74) is 0.757. The summed E-state index contributed by atoms with van der Waals surface area (Å²) in [6, 6.07) is 7.84. The van der Waals surface area contributed by atoms with Gasteiger partial charge in [-0.3, -0.25) is 4.79 Å². The molecule has 2 N–H and O–H groups in total. The average molecular weight is 280 g/mol. The Morgan fingerprint density at radius 3 is 2.53 bits per heavy atom. The lowest BCUT2D eigenvalue weighted by atomic mass is 10.2. The lowest BCUT2D eigenvalue weighted by Gasteiger charge is -2.04. The molecule has 0 aliphatic rings. The van der Waals surface area contributed by atoms with Gasteiger partial charge in [-0.2, -0.15) is 9.98 Å². The highest BCUT2D eigenvalue weighted by molar-refractivity contribution is 7.89. The number of rotatable bonds is 6. The van der Waals surface area contributed by atoms with E-state index in [0.29, 0.717) is 0 Å². The van der Waals surface area contributed by atoms with Crippen molar-refractivity contribution in [2.75, 3.05) is 6.54 Å². The Kier molecular flexibility index (Phi) is 5.23. The molecule has 7 heteroatoms. The van der Waals surface area contributed by atoms with E-state index < -0.39 is 22.5 Å². The number of allylic oxidation sites excluding steroid dienone is 1. The summed E-state index contributed by atoms with van der Waals surface area (Å²) >= 11 is 0. The SMILES string of the molecule is N#CCC=Cc1ccc(S(=O)(=O)NCC(=O)O)cc1. The second-order valence-corrected chi connectivity index (χ2v) is 5.32. The summed E-state index contributed by atoms with van der Waals surface area (Å²) in [5.74, 6) is -1.25. The van der Waals surface area contributed by atoms with E-state index >= 15 is 0 Å². The monoisotopic (exact) mass is 280 g/mol. The van der Waals surface area contributed by atoms with Crippen molar-refractivity contribution in [3.05, 3.63) is 35.9 Å². The van der Waals surface area contributed by atoms with Gasteiger partial charge in [-0.05, 0) is 17.7 Å². The molecular weight excluding hydrogens is 268 g/mol. The van der Waals surface area contributed by atoms with Crippen molar-refractivity contribution in [3.63, 3.8) is 0 Å². The minimum Gasteiger partial charge on any atom is -0.480 e. The number of hydrogen-bond donors (Lipinski definition) is 2. The van der Waals surface area contributed by atoms with Crippen LogP contribution in [0.3, 0.4) is 0 Å². The summed E-state index contributed by atoms with van der Waals surface area (Å²) in [4.78, 5) is 10.3. The second-order valence-electron chi connectivity index (χ2n) is 3.55. The molecule has 0 saturated carbocycles. The Balaban J connectivity index is 2.81. The molecule has 19 heavy (non-hydrogen) atoms.